The maximum atomic E-state index is 10.7. The Labute approximate surface area is 107 Å². The molecule has 98 valence electrons. The second-order valence-electron chi connectivity index (χ2n) is 4.94. The van der Waals surface area contributed by atoms with Crippen molar-refractivity contribution in [3.05, 3.63) is 29.8 Å². The van der Waals surface area contributed by atoms with Crippen LogP contribution in [0.5, 0.6) is 5.75 Å². The number of hydrogen-bond donors (Lipinski definition) is 1. The first kappa shape index (κ1) is 12.9. The third-order valence-electron chi connectivity index (χ3n) is 3.24. The lowest BCUT2D eigenvalue weighted by Gasteiger charge is -2.14. The minimum atomic E-state index is -0.746. The Bertz CT molecular complexity index is 424. The number of benzene rings is 1. The molecule has 0 amide bonds. The molecule has 1 aliphatic rings. The van der Waals surface area contributed by atoms with Crippen molar-refractivity contribution in [2.24, 2.45) is 5.41 Å². The normalized spacial score (nSPS) is 16.3. The molecule has 1 aromatic rings. The predicted octanol–water partition coefficient (Wildman–Crippen LogP) is 2.47. The zero-order valence-corrected chi connectivity index (χ0v) is 10.5. The average Bonchev–Trinajstić information content (AvgIpc) is 3.07. The molecule has 0 unspecified atom stereocenters. The summed E-state index contributed by atoms with van der Waals surface area (Å²) in [5.74, 6) is 0.0328. The summed E-state index contributed by atoms with van der Waals surface area (Å²) >= 11 is 0. The maximum absolute atomic E-state index is 10.7. The van der Waals surface area contributed by atoms with Gasteiger partial charge in [0, 0.05) is 12.5 Å². The second kappa shape index (κ2) is 5.40. The standard InChI is InChI=1S/C14H18O4/c1-17-9-11-3-2-4-12(7-11)18-10-14(5-6-14)8-13(15)16/h2-4,7H,5-6,8-10H2,1H3,(H,15,16). The van der Waals surface area contributed by atoms with Crippen molar-refractivity contribution < 1.29 is 19.4 Å². The van der Waals surface area contributed by atoms with E-state index in [0.717, 1.165) is 24.2 Å². The van der Waals surface area contributed by atoms with Gasteiger partial charge in [0.2, 0.25) is 0 Å². The largest absolute Gasteiger partial charge is 0.493 e. The zero-order valence-electron chi connectivity index (χ0n) is 10.5. The van der Waals surface area contributed by atoms with Gasteiger partial charge in [-0.15, -0.1) is 0 Å². The summed E-state index contributed by atoms with van der Waals surface area (Å²) in [7, 11) is 1.65. The Morgan fingerprint density at radius 3 is 2.83 bits per heavy atom. The van der Waals surface area contributed by atoms with E-state index in [-0.39, 0.29) is 11.8 Å². The Kier molecular flexibility index (Phi) is 3.87. The Morgan fingerprint density at radius 1 is 1.44 bits per heavy atom. The van der Waals surface area contributed by atoms with Crippen LogP contribution in [0.4, 0.5) is 0 Å². The average molecular weight is 250 g/mol. The molecule has 1 fully saturated rings. The molecule has 18 heavy (non-hydrogen) atoms. The van der Waals surface area contributed by atoms with Crippen molar-refractivity contribution in [2.45, 2.75) is 25.9 Å². The van der Waals surface area contributed by atoms with E-state index in [9.17, 15) is 4.79 Å². The molecule has 0 bridgehead atoms. The summed E-state index contributed by atoms with van der Waals surface area (Å²) in [5, 5.41) is 8.83. The minimum Gasteiger partial charge on any atom is -0.493 e. The quantitative estimate of drug-likeness (QED) is 0.807. The van der Waals surface area contributed by atoms with Gasteiger partial charge in [0.1, 0.15) is 5.75 Å². The molecule has 1 aromatic carbocycles. The van der Waals surface area contributed by atoms with E-state index < -0.39 is 5.97 Å². The van der Waals surface area contributed by atoms with E-state index in [4.69, 9.17) is 14.6 Å². The number of rotatable bonds is 7. The lowest BCUT2D eigenvalue weighted by Crippen LogP contribution is -2.17. The first-order chi connectivity index (χ1) is 8.63. The molecule has 1 saturated carbocycles. The molecule has 0 saturated heterocycles. The number of carboxylic acids is 1. The van der Waals surface area contributed by atoms with E-state index in [1.807, 2.05) is 24.3 Å². The van der Waals surface area contributed by atoms with Crippen LogP contribution >= 0.6 is 0 Å². The summed E-state index contributed by atoms with van der Waals surface area (Å²) < 4.78 is 10.8. The van der Waals surface area contributed by atoms with Crippen LogP contribution in [0.2, 0.25) is 0 Å². The summed E-state index contributed by atoms with van der Waals surface area (Å²) in [6.07, 6.45) is 2.08. The number of methoxy groups -OCH3 is 1. The van der Waals surface area contributed by atoms with Crippen LogP contribution in [0.3, 0.4) is 0 Å². The number of aliphatic carboxylic acids is 1. The van der Waals surface area contributed by atoms with Gasteiger partial charge in [-0.25, -0.2) is 0 Å². The van der Waals surface area contributed by atoms with E-state index in [1.54, 1.807) is 7.11 Å². The molecule has 4 heteroatoms. The SMILES string of the molecule is COCc1cccc(OCC2(CC(=O)O)CC2)c1. The summed E-state index contributed by atoms with van der Waals surface area (Å²) in [6, 6.07) is 7.71. The molecule has 0 atom stereocenters. The van der Waals surface area contributed by atoms with E-state index in [0.29, 0.717) is 13.2 Å². The first-order valence-electron chi connectivity index (χ1n) is 6.06. The summed E-state index contributed by atoms with van der Waals surface area (Å²) in [5.41, 5.74) is 0.918. The van der Waals surface area contributed by atoms with Gasteiger partial charge in [-0.3, -0.25) is 4.79 Å². The third kappa shape index (κ3) is 3.47. The fraction of sp³-hybridized carbons (Fsp3) is 0.500. The lowest BCUT2D eigenvalue weighted by molar-refractivity contribution is -0.138. The lowest BCUT2D eigenvalue weighted by atomic mass is 10.0. The van der Waals surface area contributed by atoms with Gasteiger partial charge in [-0.05, 0) is 30.5 Å². The highest BCUT2D eigenvalue weighted by Gasteiger charge is 2.45. The summed E-state index contributed by atoms with van der Waals surface area (Å²) in [4.78, 5) is 10.7. The molecule has 1 aliphatic carbocycles. The van der Waals surface area contributed by atoms with E-state index >= 15 is 0 Å². The topological polar surface area (TPSA) is 55.8 Å². The van der Waals surface area contributed by atoms with Gasteiger partial charge >= 0.3 is 5.97 Å². The molecule has 0 radical (unpaired) electrons. The molecular weight excluding hydrogens is 232 g/mol. The molecular formula is C14H18O4. The summed E-state index contributed by atoms with van der Waals surface area (Å²) in [6.45, 7) is 1.03. The first-order valence-corrected chi connectivity index (χ1v) is 6.06. The van der Waals surface area contributed by atoms with Crippen molar-refractivity contribution in [2.75, 3.05) is 13.7 Å². The monoisotopic (exact) mass is 250 g/mol. The van der Waals surface area contributed by atoms with Crippen molar-refractivity contribution in [3.8, 4) is 5.75 Å². The van der Waals surface area contributed by atoms with Crippen LogP contribution in [-0.2, 0) is 16.1 Å². The van der Waals surface area contributed by atoms with Gasteiger partial charge in [0.25, 0.3) is 0 Å². The number of carboxylic acid groups (broad SMARTS) is 1. The molecule has 0 aliphatic heterocycles. The highest BCUT2D eigenvalue weighted by Crippen LogP contribution is 2.49. The van der Waals surface area contributed by atoms with Crippen LogP contribution in [0.25, 0.3) is 0 Å². The smallest absolute Gasteiger partial charge is 0.304 e. The zero-order chi connectivity index (χ0) is 13.0. The Balaban J connectivity index is 1.90. The van der Waals surface area contributed by atoms with Gasteiger partial charge < -0.3 is 14.6 Å². The second-order valence-corrected chi connectivity index (χ2v) is 4.94. The van der Waals surface area contributed by atoms with Gasteiger partial charge in [-0.2, -0.15) is 0 Å². The minimum absolute atomic E-state index is 0.136. The molecule has 4 nitrogen and oxygen atoms in total. The molecule has 0 heterocycles. The van der Waals surface area contributed by atoms with Gasteiger partial charge in [0.05, 0.1) is 19.6 Å². The number of ether oxygens (including phenoxy) is 2. The fourth-order valence-corrected chi connectivity index (χ4v) is 2.00. The van der Waals surface area contributed by atoms with Crippen LogP contribution in [0, 0.1) is 5.41 Å². The Hall–Kier alpha value is -1.55. The molecule has 0 aromatic heterocycles. The third-order valence-corrected chi connectivity index (χ3v) is 3.24. The maximum Gasteiger partial charge on any atom is 0.304 e. The van der Waals surface area contributed by atoms with Crippen molar-refractivity contribution >= 4 is 5.97 Å². The fourth-order valence-electron chi connectivity index (χ4n) is 2.00. The van der Waals surface area contributed by atoms with Crippen LogP contribution in [0.1, 0.15) is 24.8 Å². The van der Waals surface area contributed by atoms with Crippen molar-refractivity contribution in [3.63, 3.8) is 0 Å². The highest BCUT2D eigenvalue weighted by atomic mass is 16.5. The van der Waals surface area contributed by atoms with Crippen LogP contribution in [-0.4, -0.2) is 24.8 Å². The molecule has 1 N–H and O–H groups in total. The highest BCUT2D eigenvalue weighted by molar-refractivity contribution is 5.68. The molecule has 2 rings (SSSR count). The van der Waals surface area contributed by atoms with E-state index in [2.05, 4.69) is 0 Å². The van der Waals surface area contributed by atoms with Gasteiger partial charge in [0.15, 0.2) is 0 Å². The molecule has 0 spiro atoms. The predicted molar refractivity (Wildman–Crippen MR) is 66.6 cm³/mol. The van der Waals surface area contributed by atoms with E-state index in [1.165, 1.54) is 0 Å². The van der Waals surface area contributed by atoms with Crippen molar-refractivity contribution in [1.82, 2.24) is 0 Å². The van der Waals surface area contributed by atoms with Gasteiger partial charge in [-0.1, -0.05) is 12.1 Å². The van der Waals surface area contributed by atoms with Crippen LogP contribution < -0.4 is 4.74 Å². The van der Waals surface area contributed by atoms with Crippen molar-refractivity contribution in [1.29, 1.82) is 0 Å². The Morgan fingerprint density at radius 2 is 2.22 bits per heavy atom. The number of carbonyl (C=O) groups is 1. The van der Waals surface area contributed by atoms with Crippen LogP contribution in [0.15, 0.2) is 24.3 Å². The number of hydrogen-bond acceptors (Lipinski definition) is 3.